The number of halogens is 1. The number of hydrogen-bond acceptors (Lipinski definition) is 4. The summed E-state index contributed by atoms with van der Waals surface area (Å²) in [5.74, 6) is 0.249. The number of carbonyl (C=O) groups excluding carboxylic acids is 2. The lowest BCUT2D eigenvalue weighted by Gasteiger charge is -2.21. The highest BCUT2D eigenvalue weighted by Crippen LogP contribution is 2.23. The minimum absolute atomic E-state index is 0. The van der Waals surface area contributed by atoms with Gasteiger partial charge in [-0.05, 0) is 18.1 Å². The van der Waals surface area contributed by atoms with Crippen LogP contribution in [0, 0.1) is 11.8 Å². The first kappa shape index (κ1) is 21.2. The molecule has 1 aromatic carbocycles. The molecule has 138 valence electrons. The molecular formula is C17H25IN4O3. The summed E-state index contributed by atoms with van der Waals surface area (Å²) >= 11 is 0. The normalized spacial score (nSPS) is 19.8. The van der Waals surface area contributed by atoms with E-state index in [0.29, 0.717) is 19.0 Å². The number of hydrogen-bond donors (Lipinski definition) is 2. The van der Waals surface area contributed by atoms with Crippen LogP contribution in [0.1, 0.15) is 6.92 Å². The molecule has 0 bridgehead atoms. The van der Waals surface area contributed by atoms with Crippen LogP contribution in [0.15, 0.2) is 35.3 Å². The Hall–Kier alpha value is -1.84. The Balaban J connectivity index is 0.00000312. The molecule has 0 radical (unpaired) electrons. The van der Waals surface area contributed by atoms with Crippen LogP contribution in [0.5, 0.6) is 0 Å². The molecule has 2 atom stereocenters. The number of guanidine groups is 1. The van der Waals surface area contributed by atoms with E-state index in [2.05, 4.69) is 15.6 Å². The molecule has 1 fully saturated rings. The summed E-state index contributed by atoms with van der Waals surface area (Å²) in [5, 5.41) is 5.85. The maximum absolute atomic E-state index is 12.0. The van der Waals surface area contributed by atoms with Crippen molar-refractivity contribution in [2.24, 2.45) is 16.8 Å². The van der Waals surface area contributed by atoms with Crippen LogP contribution in [0.2, 0.25) is 0 Å². The van der Waals surface area contributed by atoms with Crippen molar-refractivity contribution in [1.82, 2.24) is 10.2 Å². The number of anilines is 1. The SMILES string of the molecule is CN=C(NCC(=O)Nc1ccccc1)N1CC(C)C(C(=O)OC)C1.I. The predicted molar refractivity (Wildman–Crippen MR) is 108 cm³/mol. The van der Waals surface area contributed by atoms with Crippen LogP contribution in [0.4, 0.5) is 5.69 Å². The van der Waals surface area contributed by atoms with E-state index >= 15 is 0 Å². The monoisotopic (exact) mass is 460 g/mol. The number of likely N-dealkylation sites (tertiary alicyclic amines) is 1. The molecule has 1 heterocycles. The van der Waals surface area contributed by atoms with E-state index in [1.165, 1.54) is 7.11 Å². The van der Waals surface area contributed by atoms with Gasteiger partial charge in [0.15, 0.2) is 5.96 Å². The van der Waals surface area contributed by atoms with Crippen molar-refractivity contribution in [2.75, 3.05) is 39.1 Å². The van der Waals surface area contributed by atoms with E-state index in [1.54, 1.807) is 7.05 Å². The number of amides is 1. The van der Waals surface area contributed by atoms with Crippen molar-refractivity contribution in [3.63, 3.8) is 0 Å². The molecule has 7 nitrogen and oxygen atoms in total. The van der Waals surface area contributed by atoms with Crippen molar-refractivity contribution in [1.29, 1.82) is 0 Å². The van der Waals surface area contributed by atoms with Gasteiger partial charge >= 0.3 is 5.97 Å². The van der Waals surface area contributed by atoms with E-state index in [0.717, 1.165) is 5.69 Å². The smallest absolute Gasteiger partial charge is 0.310 e. The van der Waals surface area contributed by atoms with Crippen molar-refractivity contribution in [3.05, 3.63) is 30.3 Å². The lowest BCUT2D eigenvalue weighted by molar-refractivity contribution is -0.146. The molecule has 1 amide bonds. The van der Waals surface area contributed by atoms with Crippen LogP contribution in [-0.4, -0.2) is 56.5 Å². The summed E-state index contributed by atoms with van der Waals surface area (Å²) in [6, 6.07) is 9.27. The van der Waals surface area contributed by atoms with Crippen molar-refractivity contribution in [2.45, 2.75) is 6.92 Å². The lowest BCUT2D eigenvalue weighted by Crippen LogP contribution is -2.43. The number of benzene rings is 1. The summed E-state index contributed by atoms with van der Waals surface area (Å²) in [6.07, 6.45) is 0. The van der Waals surface area contributed by atoms with E-state index < -0.39 is 0 Å². The van der Waals surface area contributed by atoms with Gasteiger partial charge in [-0.25, -0.2) is 0 Å². The van der Waals surface area contributed by atoms with Gasteiger partial charge in [-0.15, -0.1) is 24.0 Å². The zero-order valence-electron chi connectivity index (χ0n) is 14.7. The van der Waals surface area contributed by atoms with E-state index in [4.69, 9.17) is 4.74 Å². The minimum Gasteiger partial charge on any atom is -0.469 e. The standard InChI is InChI=1S/C17H24N4O3.HI/c1-12-10-21(11-14(12)16(23)24-3)17(18-2)19-9-15(22)20-13-7-5-4-6-8-13;/h4-8,12,14H,9-11H2,1-3H3,(H,18,19)(H,20,22);1H. The first-order valence-electron chi connectivity index (χ1n) is 7.93. The van der Waals surface area contributed by atoms with Crippen molar-refractivity contribution < 1.29 is 14.3 Å². The van der Waals surface area contributed by atoms with Crippen LogP contribution in [0.3, 0.4) is 0 Å². The molecule has 1 aliphatic heterocycles. The minimum atomic E-state index is -0.206. The fourth-order valence-electron chi connectivity index (χ4n) is 2.82. The van der Waals surface area contributed by atoms with E-state index in [-0.39, 0.29) is 54.2 Å². The number of nitrogens with one attached hydrogen (secondary N) is 2. The lowest BCUT2D eigenvalue weighted by atomic mass is 9.99. The molecule has 2 N–H and O–H groups in total. The quantitative estimate of drug-likeness (QED) is 0.309. The molecule has 1 saturated heterocycles. The van der Waals surface area contributed by atoms with Gasteiger partial charge in [0.05, 0.1) is 19.6 Å². The highest BCUT2D eigenvalue weighted by atomic mass is 127. The zero-order valence-corrected chi connectivity index (χ0v) is 17.0. The van der Waals surface area contributed by atoms with E-state index in [1.807, 2.05) is 42.2 Å². The van der Waals surface area contributed by atoms with Gasteiger partial charge in [0.1, 0.15) is 0 Å². The van der Waals surface area contributed by atoms with Crippen molar-refractivity contribution in [3.8, 4) is 0 Å². The van der Waals surface area contributed by atoms with Gasteiger partial charge in [0, 0.05) is 25.8 Å². The van der Waals surface area contributed by atoms with Crippen LogP contribution < -0.4 is 10.6 Å². The Morgan fingerprint density at radius 1 is 1.28 bits per heavy atom. The molecular weight excluding hydrogens is 435 g/mol. The summed E-state index contributed by atoms with van der Waals surface area (Å²) in [4.78, 5) is 30.0. The summed E-state index contributed by atoms with van der Waals surface area (Å²) in [7, 11) is 3.06. The van der Waals surface area contributed by atoms with Crippen LogP contribution in [-0.2, 0) is 14.3 Å². The molecule has 1 aliphatic rings. The summed E-state index contributed by atoms with van der Waals surface area (Å²) < 4.78 is 4.84. The maximum Gasteiger partial charge on any atom is 0.310 e. The third kappa shape index (κ3) is 5.87. The Bertz CT molecular complexity index is 609. The summed E-state index contributed by atoms with van der Waals surface area (Å²) in [5.41, 5.74) is 0.750. The second-order valence-electron chi connectivity index (χ2n) is 5.83. The Kier molecular flexibility index (Phi) is 8.67. The number of esters is 1. The Labute approximate surface area is 165 Å². The molecule has 2 rings (SSSR count). The average Bonchev–Trinajstić information content (AvgIpc) is 2.97. The number of carbonyl (C=O) groups is 2. The molecule has 2 unspecified atom stereocenters. The van der Waals surface area contributed by atoms with Gasteiger partial charge in [-0.1, -0.05) is 25.1 Å². The summed E-state index contributed by atoms with van der Waals surface area (Å²) in [6.45, 7) is 3.35. The van der Waals surface area contributed by atoms with Gasteiger partial charge in [0.25, 0.3) is 0 Å². The number of para-hydroxylation sites is 1. The second-order valence-corrected chi connectivity index (χ2v) is 5.83. The fraction of sp³-hybridized carbons (Fsp3) is 0.471. The third-order valence-corrected chi connectivity index (χ3v) is 4.09. The second kappa shape index (κ2) is 10.2. The van der Waals surface area contributed by atoms with Crippen LogP contribution >= 0.6 is 24.0 Å². The molecule has 0 spiro atoms. The molecule has 1 aromatic rings. The average molecular weight is 460 g/mol. The van der Waals surface area contributed by atoms with Crippen molar-refractivity contribution >= 4 is 47.5 Å². The highest BCUT2D eigenvalue weighted by molar-refractivity contribution is 14.0. The van der Waals surface area contributed by atoms with Gasteiger partial charge < -0.3 is 20.3 Å². The number of methoxy groups -OCH3 is 1. The predicted octanol–water partition coefficient (Wildman–Crippen LogP) is 1.56. The Morgan fingerprint density at radius 3 is 2.56 bits per heavy atom. The highest BCUT2D eigenvalue weighted by Gasteiger charge is 2.36. The number of nitrogens with zero attached hydrogens (tertiary/aromatic N) is 2. The number of rotatable bonds is 4. The number of ether oxygens (including phenoxy) is 1. The van der Waals surface area contributed by atoms with Gasteiger partial charge in [0.2, 0.25) is 5.91 Å². The first-order chi connectivity index (χ1) is 11.5. The molecule has 25 heavy (non-hydrogen) atoms. The molecule has 0 saturated carbocycles. The molecule has 0 aliphatic carbocycles. The number of aliphatic imine (C=N–C) groups is 1. The Morgan fingerprint density at radius 2 is 1.96 bits per heavy atom. The molecule has 0 aromatic heterocycles. The largest absolute Gasteiger partial charge is 0.469 e. The topological polar surface area (TPSA) is 83.0 Å². The third-order valence-electron chi connectivity index (χ3n) is 4.09. The first-order valence-corrected chi connectivity index (χ1v) is 7.93. The van der Waals surface area contributed by atoms with Gasteiger partial charge in [-0.2, -0.15) is 0 Å². The molecule has 8 heteroatoms. The maximum atomic E-state index is 12.0. The zero-order chi connectivity index (χ0) is 17.5. The van der Waals surface area contributed by atoms with Crippen LogP contribution in [0.25, 0.3) is 0 Å². The van der Waals surface area contributed by atoms with E-state index in [9.17, 15) is 9.59 Å². The fourth-order valence-corrected chi connectivity index (χ4v) is 2.82. The van der Waals surface area contributed by atoms with Gasteiger partial charge in [-0.3, -0.25) is 14.6 Å².